The van der Waals surface area contributed by atoms with E-state index in [0.717, 1.165) is 24.9 Å². The first-order valence-corrected chi connectivity index (χ1v) is 7.21. The van der Waals surface area contributed by atoms with Crippen molar-refractivity contribution < 1.29 is 9.13 Å². The third-order valence-corrected chi connectivity index (χ3v) is 4.49. The maximum atomic E-state index is 13.3. The average Bonchev–Trinajstić information content (AvgIpc) is 2.33. The van der Waals surface area contributed by atoms with Crippen LogP contribution in [0.2, 0.25) is 5.02 Å². The van der Waals surface area contributed by atoms with Crippen molar-refractivity contribution in [3.63, 3.8) is 0 Å². The molecule has 0 aliphatic heterocycles. The van der Waals surface area contributed by atoms with Gasteiger partial charge in [0.2, 0.25) is 0 Å². The van der Waals surface area contributed by atoms with Crippen LogP contribution in [0.25, 0.3) is 0 Å². The number of benzene rings is 1. The highest BCUT2D eigenvalue weighted by Gasteiger charge is 2.44. The zero-order valence-corrected chi connectivity index (χ0v) is 12.3. The predicted octanol–water partition coefficient (Wildman–Crippen LogP) is 3.57. The lowest BCUT2D eigenvalue weighted by molar-refractivity contribution is -0.0978. The molecule has 1 fully saturated rings. The number of hydrogen-bond donors (Lipinski definition) is 1. The minimum atomic E-state index is -0.241. The van der Waals surface area contributed by atoms with Gasteiger partial charge in [0, 0.05) is 18.2 Å². The van der Waals surface area contributed by atoms with Crippen molar-refractivity contribution in [2.45, 2.75) is 44.2 Å². The molecule has 0 aromatic heterocycles. The van der Waals surface area contributed by atoms with Crippen LogP contribution in [0, 0.1) is 5.82 Å². The summed E-state index contributed by atoms with van der Waals surface area (Å²) >= 11 is 6.16. The van der Waals surface area contributed by atoms with E-state index in [1.165, 1.54) is 18.6 Å². The molecule has 1 unspecified atom stereocenters. The fourth-order valence-corrected chi connectivity index (χ4v) is 3.03. The van der Waals surface area contributed by atoms with E-state index in [0.29, 0.717) is 11.4 Å². The number of hydrogen-bond acceptors (Lipinski definition) is 2. The van der Waals surface area contributed by atoms with Gasteiger partial charge in [-0.05, 0) is 56.0 Å². The Balaban J connectivity index is 2.18. The molecule has 1 aromatic rings. The lowest BCUT2D eigenvalue weighted by Crippen LogP contribution is -2.57. The molecule has 2 nitrogen and oxygen atoms in total. The van der Waals surface area contributed by atoms with Crippen molar-refractivity contribution in [1.29, 1.82) is 0 Å². The van der Waals surface area contributed by atoms with Crippen LogP contribution in [-0.4, -0.2) is 25.3 Å². The number of likely N-dealkylation sites (N-methyl/N-ethyl adjacent to an activating group) is 1. The molecule has 1 aliphatic rings. The third-order valence-electron chi connectivity index (χ3n) is 4.12. The smallest absolute Gasteiger partial charge is 0.123 e. The molecule has 0 radical (unpaired) electrons. The normalized spacial score (nSPS) is 18.9. The maximum Gasteiger partial charge on any atom is 0.123 e. The molecule has 1 atom stereocenters. The summed E-state index contributed by atoms with van der Waals surface area (Å²) in [5.41, 5.74) is 0.724. The number of ether oxygens (including phenoxy) is 1. The zero-order chi connectivity index (χ0) is 13.9. The van der Waals surface area contributed by atoms with E-state index < -0.39 is 0 Å². The van der Waals surface area contributed by atoms with E-state index in [1.54, 1.807) is 13.2 Å². The zero-order valence-electron chi connectivity index (χ0n) is 11.5. The van der Waals surface area contributed by atoms with Gasteiger partial charge in [-0.3, -0.25) is 0 Å². The van der Waals surface area contributed by atoms with Crippen LogP contribution in [0.4, 0.5) is 4.39 Å². The van der Waals surface area contributed by atoms with Crippen molar-refractivity contribution in [3.8, 4) is 0 Å². The highest BCUT2D eigenvalue weighted by molar-refractivity contribution is 6.31. The van der Waals surface area contributed by atoms with Crippen LogP contribution in [0.5, 0.6) is 0 Å². The summed E-state index contributed by atoms with van der Waals surface area (Å²) in [6, 6.07) is 4.71. The monoisotopic (exact) mass is 285 g/mol. The number of nitrogens with one attached hydrogen (secondary N) is 1. The Morgan fingerprint density at radius 2 is 2.21 bits per heavy atom. The lowest BCUT2D eigenvalue weighted by Gasteiger charge is -2.47. The highest BCUT2D eigenvalue weighted by Crippen LogP contribution is 2.39. The van der Waals surface area contributed by atoms with Gasteiger partial charge in [0.15, 0.2) is 0 Å². The molecule has 1 N–H and O–H groups in total. The molecule has 0 bridgehead atoms. The summed E-state index contributed by atoms with van der Waals surface area (Å²) in [5.74, 6) is -0.241. The first-order chi connectivity index (χ1) is 9.11. The van der Waals surface area contributed by atoms with Crippen LogP contribution in [-0.2, 0) is 11.2 Å². The molecule has 1 saturated carbocycles. The minimum absolute atomic E-state index is 0.119. The molecule has 0 spiro atoms. The summed E-state index contributed by atoms with van der Waals surface area (Å²) < 4.78 is 19.1. The van der Waals surface area contributed by atoms with E-state index in [1.807, 2.05) is 0 Å². The molecule has 4 heteroatoms. The summed E-state index contributed by atoms with van der Waals surface area (Å²) in [4.78, 5) is 0. The SMILES string of the molecule is CCNC(Cc1cc(F)ccc1Cl)C1(OC)CCC1. The average molecular weight is 286 g/mol. The number of methoxy groups -OCH3 is 1. The topological polar surface area (TPSA) is 21.3 Å². The second kappa shape index (κ2) is 6.21. The highest BCUT2D eigenvalue weighted by atomic mass is 35.5. The second-order valence-corrected chi connectivity index (χ2v) is 5.58. The summed E-state index contributed by atoms with van der Waals surface area (Å²) in [6.07, 6.45) is 3.98. The van der Waals surface area contributed by atoms with Crippen molar-refractivity contribution in [2.24, 2.45) is 0 Å². The molecule has 2 rings (SSSR count). The molecule has 0 saturated heterocycles. The van der Waals surface area contributed by atoms with Gasteiger partial charge in [-0.2, -0.15) is 0 Å². The van der Waals surface area contributed by atoms with Gasteiger partial charge in [-0.25, -0.2) is 4.39 Å². The van der Waals surface area contributed by atoms with Crippen LogP contribution in [0.15, 0.2) is 18.2 Å². The molecule has 106 valence electrons. The largest absolute Gasteiger partial charge is 0.377 e. The molecule has 19 heavy (non-hydrogen) atoms. The van der Waals surface area contributed by atoms with Crippen LogP contribution < -0.4 is 5.32 Å². The van der Waals surface area contributed by atoms with Gasteiger partial charge in [-0.15, -0.1) is 0 Å². The first-order valence-electron chi connectivity index (χ1n) is 6.84. The summed E-state index contributed by atoms with van der Waals surface area (Å²) in [6.45, 7) is 2.94. The van der Waals surface area contributed by atoms with Gasteiger partial charge in [-0.1, -0.05) is 18.5 Å². The number of halogens is 2. The van der Waals surface area contributed by atoms with Crippen molar-refractivity contribution in [2.75, 3.05) is 13.7 Å². The molecule has 1 aromatic carbocycles. The van der Waals surface area contributed by atoms with E-state index in [2.05, 4.69) is 12.2 Å². The van der Waals surface area contributed by atoms with Gasteiger partial charge in [0.25, 0.3) is 0 Å². The van der Waals surface area contributed by atoms with Gasteiger partial charge < -0.3 is 10.1 Å². The van der Waals surface area contributed by atoms with E-state index >= 15 is 0 Å². The Morgan fingerprint density at radius 1 is 1.47 bits per heavy atom. The second-order valence-electron chi connectivity index (χ2n) is 5.17. The van der Waals surface area contributed by atoms with Gasteiger partial charge in [0.1, 0.15) is 5.82 Å². The first kappa shape index (κ1) is 14.8. The van der Waals surface area contributed by atoms with Crippen LogP contribution >= 0.6 is 11.6 Å². The van der Waals surface area contributed by atoms with Crippen molar-refractivity contribution >= 4 is 11.6 Å². The van der Waals surface area contributed by atoms with Crippen molar-refractivity contribution in [1.82, 2.24) is 5.32 Å². The van der Waals surface area contributed by atoms with Crippen LogP contribution in [0.1, 0.15) is 31.7 Å². The van der Waals surface area contributed by atoms with E-state index in [-0.39, 0.29) is 17.5 Å². The van der Waals surface area contributed by atoms with Crippen LogP contribution in [0.3, 0.4) is 0 Å². The standard InChI is InChI=1S/C15H21ClFNO/c1-3-18-14(15(19-2)7-4-8-15)10-11-9-12(17)5-6-13(11)16/h5-6,9,14,18H,3-4,7-8,10H2,1-2H3. The Labute approximate surface area is 119 Å². The molecule has 0 heterocycles. The predicted molar refractivity (Wildman–Crippen MR) is 76.2 cm³/mol. The lowest BCUT2D eigenvalue weighted by atomic mass is 9.72. The Bertz CT molecular complexity index is 429. The third kappa shape index (κ3) is 3.10. The fourth-order valence-electron chi connectivity index (χ4n) is 2.83. The quantitative estimate of drug-likeness (QED) is 0.863. The van der Waals surface area contributed by atoms with E-state index in [4.69, 9.17) is 16.3 Å². The Kier molecular flexibility index (Phi) is 4.82. The Morgan fingerprint density at radius 3 is 2.74 bits per heavy atom. The fraction of sp³-hybridized carbons (Fsp3) is 0.600. The molecular weight excluding hydrogens is 265 g/mol. The number of rotatable bonds is 6. The summed E-state index contributed by atoms with van der Waals surface area (Å²) in [5, 5.41) is 4.09. The molecule has 1 aliphatic carbocycles. The molecular formula is C15H21ClFNO. The Hall–Kier alpha value is -0.640. The minimum Gasteiger partial charge on any atom is -0.377 e. The van der Waals surface area contributed by atoms with E-state index in [9.17, 15) is 4.39 Å². The summed E-state index contributed by atoms with van der Waals surface area (Å²) in [7, 11) is 1.76. The molecule has 0 amide bonds. The van der Waals surface area contributed by atoms with Crippen molar-refractivity contribution in [3.05, 3.63) is 34.6 Å². The van der Waals surface area contributed by atoms with Gasteiger partial charge in [0.05, 0.1) is 5.60 Å². The maximum absolute atomic E-state index is 13.3. The van der Waals surface area contributed by atoms with Gasteiger partial charge >= 0.3 is 0 Å².